The molecule has 0 saturated carbocycles. The first kappa shape index (κ1) is 17.4. The minimum absolute atomic E-state index is 0.0185. The molecule has 1 heterocycles. The van der Waals surface area contributed by atoms with Crippen molar-refractivity contribution in [1.29, 1.82) is 0 Å². The topological polar surface area (TPSA) is 64.4 Å². The van der Waals surface area contributed by atoms with Crippen molar-refractivity contribution < 1.29 is 22.8 Å². The Bertz CT molecular complexity index is 909. The molecule has 0 unspecified atom stereocenters. The summed E-state index contributed by atoms with van der Waals surface area (Å²) in [6, 6.07) is 10.6. The van der Waals surface area contributed by atoms with Crippen LogP contribution < -0.4 is 10.1 Å². The van der Waals surface area contributed by atoms with Gasteiger partial charge in [-0.3, -0.25) is 10.1 Å². The Morgan fingerprint density at radius 2 is 1.89 bits per heavy atom. The van der Waals surface area contributed by atoms with E-state index in [2.05, 4.69) is 10.1 Å². The van der Waals surface area contributed by atoms with Crippen molar-refractivity contribution in [3.63, 3.8) is 0 Å². The number of ether oxygens (including phenoxy) is 1. The van der Waals surface area contributed by atoms with E-state index in [-0.39, 0.29) is 29.3 Å². The summed E-state index contributed by atoms with van der Waals surface area (Å²) in [5.41, 5.74) is 2.42. The van der Waals surface area contributed by atoms with Gasteiger partial charge in [0.25, 0.3) is 5.69 Å². The fraction of sp³-hybridized carbons (Fsp3) is 0.263. The zero-order chi connectivity index (χ0) is 19.2. The van der Waals surface area contributed by atoms with Crippen molar-refractivity contribution in [3.8, 4) is 5.75 Å². The molecule has 0 aromatic heterocycles. The van der Waals surface area contributed by atoms with Gasteiger partial charge >= 0.3 is 6.36 Å². The molecule has 2 aliphatic rings. The lowest BCUT2D eigenvalue weighted by Crippen LogP contribution is -2.29. The van der Waals surface area contributed by atoms with Crippen molar-refractivity contribution in [2.75, 3.05) is 5.32 Å². The standard InChI is InChI=1S/C19H15F3N2O3/c20-19(21,22)27-13-8-9-17-16(10-13)14-2-1-3-15(14)18(23-17)11-4-6-12(7-5-11)24(25)26/h1-2,4-10,14-15,18,23H,3H2/t14-,15-,18+/m1/s1. The van der Waals surface area contributed by atoms with Gasteiger partial charge in [0.15, 0.2) is 0 Å². The molecule has 1 N–H and O–H groups in total. The largest absolute Gasteiger partial charge is 0.573 e. The van der Waals surface area contributed by atoms with Gasteiger partial charge in [0.05, 0.1) is 11.0 Å². The van der Waals surface area contributed by atoms with E-state index in [0.717, 1.165) is 23.2 Å². The van der Waals surface area contributed by atoms with Crippen LogP contribution in [0.15, 0.2) is 54.6 Å². The van der Waals surface area contributed by atoms with Crippen LogP contribution in [-0.2, 0) is 0 Å². The molecule has 1 aliphatic carbocycles. The van der Waals surface area contributed by atoms with Crippen LogP contribution in [0.3, 0.4) is 0 Å². The lowest BCUT2D eigenvalue weighted by Gasteiger charge is -2.37. The third kappa shape index (κ3) is 3.34. The van der Waals surface area contributed by atoms with E-state index in [0.29, 0.717) is 0 Å². The number of nitro benzene ring substituents is 1. The Hall–Kier alpha value is -3.03. The Labute approximate surface area is 152 Å². The van der Waals surface area contributed by atoms with Gasteiger partial charge in [-0.1, -0.05) is 24.3 Å². The molecule has 3 atom stereocenters. The van der Waals surface area contributed by atoms with Gasteiger partial charge in [-0.25, -0.2) is 0 Å². The summed E-state index contributed by atoms with van der Waals surface area (Å²) >= 11 is 0. The summed E-state index contributed by atoms with van der Waals surface area (Å²) in [4.78, 5) is 10.4. The number of nitro groups is 1. The predicted molar refractivity (Wildman–Crippen MR) is 92.6 cm³/mol. The van der Waals surface area contributed by atoms with Crippen LogP contribution in [0, 0.1) is 16.0 Å². The second-order valence-corrected chi connectivity index (χ2v) is 6.62. The third-order valence-electron chi connectivity index (χ3n) is 5.03. The maximum Gasteiger partial charge on any atom is 0.573 e. The molecule has 5 nitrogen and oxygen atoms in total. The van der Waals surface area contributed by atoms with Gasteiger partial charge in [-0.05, 0) is 41.7 Å². The van der Waals surface area contributed by atoms with E-state index >= 15 is 0 Å². The molecule has 8 heteroatoms. The van der Waals surface area contributed by atoms with Crippen molar-refractivity contribution >= 4 is 11.4 Å². The highest BCUT2D eigenvalue weighted by Crippen LogP contribution is 2.50. The number of nitrogens with zero attached hydrogens (tertiary/aromatic N) is 1. The molecule has 0 radical (unpaired) electrons. The van der Waals surface area contributed by atoms with Crippen molar-refractivity contribution in [2.45, 2.75) is 24.7 Å². The highest BCUT2D eigenvalue weighted by atomic mass is 19.4. The number of halogens is 3. The summed E-state index contributed by atoms with van der Waals surface area (Å²) in [5.74, 6) is -0.172. The van der Waals surface area contributed by atoms with Gasteiger partial charge < -0.3 is 10.1 Å². The maximum absolute atomic E-state index is 12.5. The number of benzene rings is 2. The van der Waals surface area contributed by atoms with Gasteiger partial charge in [0.1, 0.15) is 5.75 Å². The molecule has 140 valence electrons. The number of fused-ring (bicyclic) bond motifs is 3. The smallest absolute Gasteiger partial charge is 0.406 e. The molecule has 0 spiro atoms. The summed E-state index contributed by atoms with van der Waals surface area (Å²) in [7, 11) is 0. The van der Waals surface area contributed by atoms with E-state index in [1.165, 1.54) is 24.3 Å². The average Bonchev–Trinajstić information content (AvgIpc) is 3.10. The first-order valence-electron chi connectivity index (χ1n) is 8.39. The zero-order valence-corrected chi connectivity index (χ0v) is 13.9. The van der Waals surface area contributed by atoms with E-state index in [9.17, 15) is 23.3 Å². The number of hydrogen-bond donors (Lipinski definition) is 1. The van der Waals surface area contributed by atoms with Crippen molar-refractivity contribution in [2.24, 2.45) is 5.92 Å². The first-order chi connectivity index (χ1) is 12.8. The Morgan fingerprint density at radius 3 is 2.56 bits per heavy atom. The van der Waals surface area contributed by atoms with Gasteiger partial charge in [-0.15, -0.1) is 13.2 Å². The molecule has 0 saturated heterocycles. The van der Waals surface area contributed by atoms with Crippen LogP contribution in [0.1, 0.15) is 29.5 Å². The highest BCUT2D eigenvalue weighted by molar-refractivity contribution is 5.62. The number of allylic oxidation sites excluding steroid dienone is 2. The predicted octanol–water partition coefficient (Wildman–Crippen LogP) is 5.32. The summed E-state index contributed by atoms with van der Waals surface area (Å²) in [6.45, 7) is 0. The number of nitrogens with one attached hydrogen (secondary N) is 1. The number of non-ortho nitro benzene ring substituents is 1. The van der Waals surface area contributed by atoms with Crippen LogP contribution in [0.25, 0.3) is 0 Å². The highest BCUT2D eigenvalue weighted by Gasteiger charge is 2.39. The molecule has 1 aliphatic heterocycles. The molecular formula is C19H15F3N2O3. The van der Waals surface area contributed by atoms with E-state index in [1.807, 2.05) is 12.2 Å². The van der Waals surface area contributed by atoms with Gasteiger partial charge in [0.2, 0.25) is 0 Å². The van der Waals surface area contributed by atoms with Crippen molar-refractivity contribution in [1.82, 2.24) is 0 Å². The zero-order valence-electron chi connectivity index (χ0n) is 13.9. The summed E-state index contributed by atoms with van der Waals surface area (Å²) in [6.07, 6.45) is 0.0492. The second-order valence-electron chi connectivity index (χ2n) is 6.62. The number of rotatable bonds is 3. The minimum Gasteiger partial charge on any atom is -0.406 e. The maximum atomic E-state index is 12.5. The SMILES string of the molecule is O=[N+]([O-])c1ccc([C@@H]2Nc3ccc(OC(F)(F)F)cc3[C@@H]3C=CC[C@H]32)cc1. The number of anilines is 1. The molecular weight excluding hydrogens is 361 g/mol. The van der Waals surface area contributed by atoms with Gasteiger partial charge in [0, 0.05) is 23.7 Å². The molecule has 4 rings (SSSR count). The molecule has 2 aromatic carbocycles. The van der Waals surface area contributed by atoms with E-state index < -0.39 is 11.3 Å². The van der Waals surface area contributed by atoms with Gasteiger partial charge in [-0.2, -0.15) is 0 Å². The Morgan fingerprint density at radius 1 is 1.15 bits per heavy atom. The second kappa shape index (κ2) is 6.29. The van der Waals surface area contributed by atoms with Crippen LogP contribution in [0.5, 0.6) is 5.75 Å². The fourth-order valence-electron chi connectivity index (χ4n) is 3.90. The average molecular weight is 376 g/mol. The lowest BCUT2D eigenvalue weighted by atomic mass is 9.77. The quantitative estimate of drug-likeness (QED) is 0.447. The lowest BCUT2D eigenvalue weighted by molar-refractivity contribution is -0.384. The van der Waals surface area contributed by atoms with E-state index in [1.54, 1.807) is 18.2 Å². The van der Waals surface area contributed by atoms with Crippen LogP contribution in [0.4, 0.5) is 24.5 Å². The normalized spacial score (nSPS) is 23.3. The van der Waals surface area contributed by atoms with Crippen molar-refractivity contribution in [3.05, 3.63) is 75.9 Å². The molecule has 2 aromatic rings. The Balaban J connectivity index is 1.67. The number of hydrogen-bond acceptors (Lipinski definition) is 4. The molecule has 0 amide bonds. The van der Waals surface area contributed by atoms with Crippen LogP contribution in [0.2, 0.25) is 0 Å². The van der Waals surface area contributed by atoms with E-state index in [4.69, 9.17) is 0 Å². The van der Waals surface area contributed by atoms with Crippen LogP contribution in [-0.4, -0.2) is 11.3 Å². The minimum atomic E-state index is -4.73. The molecule has 0 fully saturated rings. The molecule has 0 bridgehead atoms. The molecule has 27 heavy (non-hydrogen) atoms. The number of alkyl halides is 3. The monoisotopic (exact) mass is 376 g/mol. The fourth-order valence-corrected chi connectivity index (χ4v) is 3.90. The summed E-state index contributed by atoms with van der Waals surface area (Å²) < 4.78 is 41.6. The van der Waals surface area contributed by atoms with Crippen LogP contribution >= 0.6 is 0 Å². The summed E-state index contributed by atoms with van der Waals surface area (Å²) in [5, 5.41) is 14.2. The third-order valence-corrected chi connectivity index (χ3v) is 5.03. The Kier molecular flexibility index (Phi) is 4.05. The first-order valence-corrected chi connectivity index (χ1v) is 8.39.